The summed E-state index contributed by atoms with van der Waals surface area (Å²) in [5.74, 6) is -0.521. The van der Waals surface area contributed by atoms with Gasteiger partial charge in [-0.25, -0.2) is 4.79 Å². The summed E-state index contributed by atoms with van der Waals surface area (Å²) >= 11 is 0. The SMILES string of the molecule is COC(=O)c1c(C(C)(C)C)n(C(C)=O)c2ccccc12. The normalized spacial score (nSPS) is 11.7. The number of benzene rings is 1. The molecular formula is C16H19NO3. The maximum Gasteiger partial charge on any atom is 0.340 e. The number of nitrogens with zero attached hydrogens (tertiary/aromatic N) is 1. The Kier molecular flexibility index (Phi) is 3.42. The number of fused-ring (bicyclic) bond motifs is 1. The molecule has 106 valence electrons. The van der Waals surface area contributed by atoms with Crippen LogP contribution in [-0.2, 0) is 10.2 Å². The molecule has 0 fully saturated rings. The molecule has 0 saturated carbocycles. The van der Waals surface area contributed by atoms with Crippen LogP contribution in [0.4, 0.5) is 0 Å². The van der Waals surface area contributed by atoms with Crippen LogP contribution in [0.25, 0.3) is 10.9 Å². The molecule has 2 rings (SSSR count). The van der Waals surface area contributed by atoms with Gasteiger partial charge in [0.05, 0.1) is 18.2 Å². The molecule has 0 unspecified atom stereocenters. The molecule has 1 heterocycles. The van der Waals surface area contributed by atoms with Crippen LogP contribution in [0.5, 0.6) is 0 Å². The molecule has 0 aliphatic carbocycles. The van der Waals surface area contributed by atoms with Crippen LogP contribution in [0, 0.1) is 0 Å². The predicted octanol–water partition coefficient (Wildman–Crippen LogP) is 3.39. The van der Waals surface area contributed by atoms with Crippen LogP contribution < -0.4 is 0 Å². The van der Waals surface area contributed by atoms with Crippen molar-refractivity contribution < 1.29 is 14.3 Å². The monoisotopic (exact) mass is 273 g/mol. The van der Waals surface area contributed by atoms with Gasteiger partial charge < -0.3 is 4.74 Å². The highest BCUT2D eigenvalue weighted by molar-refractivity contribution is 6.09. The average Bonchev–Trinajstić information content (AvgIpc) is 2.73. The number of ether oxygens (including phenoxy) is 1. The van der Waals surface area contributed by atoms with Gasteiger partial charge in [-0.3, -0.25) is 9.36 Å². The van der Waals surface area contributed by atoms with Crippen molar-refractivity contribution in [3.8, 4) is 0 Å². The fraction of sp³-hybridized carbons (Fsp3) is 0.375. The van der Waals surface area contributed by atoms with E-state index in [4.69, 9.17) is 4.74 Å². The van der Waals surface area contributed by atoms with E-state index in [0.29, 0.717) is 11.3 Å². The summed E-state index contributed by atoms with van der Waals surface area (Å²) in [5.41, 5.74) is 1.56. The summed E-state index contributed by atoms with van der Waals surface area (Å²) in [6.07, 6.45) is 0. The zero-order valence-corrected chi connectivity index (χ0v) is 12.5. The van der Waals surface area contributed by atoms with Crippen LogP contribution in [0.2, 0.25) is 0 Å². The zero-order valence-electron chi connectivity index (χ0n) is 12.5. The zero-order chi connectivity index (χ0) is 15.1. The molecule has 0 aliphatic rings. The van der Waals surface area contributed by atoms with Gasteiger partial charge in [0.1, 0.15) is 0 Å². The number of para-hydroxylation sites is 1. The molecule has 0 spiro atoms. The molecule has 4 heteroatoms. The number of carbonyl (C=O) groups is 2. The van der Waals surface area contributed by atoms with Crippen LogP contribution >= 0.6 is 0 Å². The number of hydrogen-bond donors (Lipinski definition) is 0. The van der Waals surface area contributed by atoms with E-state index in [-0.39, 0.29) is 11.3 Å². The van der Waals surface area contributed by atoms with Crippen LogP contribution in [-0.4, -0.2) is 23.6 Å². The first kappa shape index (κ1) is 14.3. The molecule has 0 bridgehead atoms. The molecule has 4 nitrogen and oxygen atoms in total. The number of hydrogen-bond acceptors (Lipinski definition) is 3. The number of rotatable bonds is 1. The fourth-order valence-corrected chi connectivity index (χ4v) is 2.59. The van der Waals surface area contributed by atoms with E-state index in [0.717, 1.165) is 10.9 Å². The first-order valence-electron chi connectivity index (χ1n) is 6.52. The molecule has 0 N–H and O–H groups in total. The Morgan fingerprint density at radius 2 is 1.75 bits per heavy atom. The fourth-order valence-electron chi connectivity index (χ4n) is 2.59. The van der Waals surface area contributed by atoms with Crippen molar-refractivity contribution in [2.24, 2.45) is 0 Å². The van der Waals surface area contributed by atoms with Gasteiger partial charge in [0.15, 0.2) is 0 Å². The average molecular weight is 273 g/mol. The Balaban J connectivity index is 3.01. The van der Waals surface area contributed by atoms with E-state index in [1.165, 1.54) is 14.0 Å². The lowest BCUT2D eigenvalue weighted by atomic mass is 9.88. The largest absolute Gasteiger partial charge is 0.465 e. The van der Waals surface area contributed by atoms with Gasteiger partial charge in [0, 0.05) is 23.4 Å². The lowest BCUT2D eigenvalue weighted by molar-refractivity contribution is 0.0600. The second-order valence-electron chi connectivity index (χ2n) is 5.84. The van der Waals surface area contributed by atoms with Gasteiger partial charge in [0.25, 0.3) is 0 Å². The highest BCUT2D eigenvalue weighted by Crippen LogP contribution is 2.34. The highest BCUT2D eigenvalue weighted by Gasteiger charge is 2.31. The molecule has 20 heavy (non-hydrogen) atoms. The summed E-state index contributed by atoms with van der Waals surface area (Å²) < 4.78 is 6.52. The summed E-state index contributed by atoms with van der Waals surface area (Å²) in [4.78, 5) is 24.2. The van der Waals surface area contributed by atoms with Crippen molar-refractivity contribution in [3.05, 3.63) is 35.5 Å². The molecule has 0 aliphatic heterocycles. The number of methoxy groups -OCH3 is 1. The van der Waals surface area contributed by atoms with Crippen molar-refractivity contribution in [1.82, 2.24) is 4.57 Å². The summed E-state index contributed by atoms with van der Waals surface area (Å²) in [7, 11) is 1.36. The molecule has 2 aromatic rings. The Hall–Kier alpha value is -2.10. The third-order valence-electron chi connectivity index (χ3n) is 3.29. The molecule has 0 amide bonds. The summed E-state index contributed by atoms with van der Waals surface area (Å²) in [6, 6.07) is 7.40. The second-order valence-corrected chi connectivity index (χ2v) is 5.84. The molecule has 0 saturated heterocycles. The molecule has 0 radical (unpaired) electrons. The van der Waals surface area contributed by atoms with Gasteiger partial charge in [-0.05, 0) is 6.07 Å². The van der Waals surface area contributed by atoms with Gasteiger partial charge >= 0.3 is 5.97 Å². The topological polar surface area (TPSA) is 48.3 Å². The number of aromatic nitrogens is 1. The van der Waals surface area contributed by atoms with E-state index in [9.17, 15) is 9.59 Å². The second kappa shape index (κ2) is 4.78. The lowest BCUT2D eigenvalue weighted by Gasteiger charge is -2.22. The van der Waals surface area contributed by atoms with Crippen LogP contribution in [0.1, 0.15) is 48.5 Å². The number of carbonyl (C=O) groups excluding carboxylic acids is 2. The summed E-state index contributed by atoms with van der Waals surface area (Å²) in [5, 5.41) is 0.750. The van der Waals surface area contributed by atoms with E-state index in [1.54, 1.807) is 4.57 Å². The maximum absolute atomic E-state index is 12.2. The van der Waals surface area contributed by atoms with Crippen LogP contribution in [0.15, 0.2) is 24.3 Å². The predicted molar refractivity (Wildman–Crippen MR) is 78.3 cm³/mol. The molecule has 1 aromatic heterocycles. The smallest absolute Gasteiger partial charge is 0.340 e. The molecule has 0 atom stereocenters. The minimum absolute atomic E-state index is 0.110. The first-order valence-corrected chi connectivity index (χ1v) is 6.52. The minimum Gasteiger partial charge on any atom is -0.465 e. The van der Waals surface area contributed by atoms with Gasteiger partial charge in [-0.1, -0.05) is 39.0 Å². The van der Waals surface area contributed by atoms with E-state index in [1.807, 2.05) is 45.0 Å². The van der Waals surface area contributed by atoms with Crippen molar-refractivity contribution in [3.63, 3.8) is 0 Å². The Bertz CT molecular complexity index is 690. The third-order valence-corrected chi connectivity index (χ3v) is 3.29. The summed E-state index contributed by atoms with van der Waals surface area (Å²) in [6.45, 7) is 7.44. The van der Waals surface area contributed by atoms with Gasteiger partial charge in [-0.15, -0.1) is 0 Å². The maximum atomic E-state index is 12.2. The van der Waals surface area contributed by atoms with Crippen molar-refractivity contribution in [1.29, 1.82) is 0 Å². The van der Waals surface area contributed by atoms with Gasteiger partial charge in [-0.2, -0.15) is 0 Å². The quantitative estimate of drug-likeness (QED) is 0.748. The number of esters is 1. The Morgan fingerprint density at radius 3 is 2.25 bits per heavy atom. The van der Waals surface area contributed by atoms with Crippen molar-refractivity contribution >= 4 is 22.8 Å². The highest BCUT2D eigenvalue weighted by atomic mass is 16.5. The Labute approximate surface area is 118 Å². The van der Waals surface area contributed by atoms with E-state index in [2.05, 4.69) is 0 Å². The van der Waals surface area contributed by atoms with E-state index >= 15 is 0 Å². The minimum atomic E-state index is -0.411. The Morgan fingerprint density at radius 1 is 1.15 bits per heavy atom. The van der Waals surface area contributed by atoms with Crippen molar-refractivity contribution in [2.45, 2.75) is 33.1 Å². The third kappa shape index (κ3) is 2.11. The molecule has 1 aromatic carbocycles. The van der Waals surface area contributed by atoms with E-state index < -0.39 is 5.97 Å². The van der Waals surface area contributed by atoms with Gasteiger partial charge in [0.2, 0.25) is 5.91 Å². The standard InChI is InChI=1S/C16H19NO3/c1-10(18)17-12-9-7-6-8-11(12)13(15(19)20-5)14(17)16(2,3)4/h6-9H,1-5H3. The molecular weight excluding hydrogens is 254 g/mol. The lowest BCUT2D eigenvalue weighted by Crippen LogP contribution is -2.24. The van der Waals surface area contributed by atoms with Crippen molar-refractivity contribution in [2.75, 3.05) is 7.11 Å². The first-order chi connectivity index (χ1) is 9.29. The van der Waals surface area contributed by atoms with Crippen LogP contribution in [0.3, 0.4) is 0 Å².